The predicted molar refractivity (Wildman–Crippen MR) is 98.2 cm³/mol. The van der Waals surface area contributed by atoms with Crippen molar-refractivity contribution in [2.24, 2.45) is 5.41 Å². The van der Waals surface area contributed by atoms with Crippen LogP contribution in [0.25, 0.3) is 11.1 Å². The monoisotopic (exact) mass is 338 g/mol. The molecule has 2 nitrogen and oxygen atoms in total. The van der Waals surface area contributed by atoms with Gasteiger partial charge in [0.15, 0.2) is 5.60 Å². The number of carbonyl (C=O) groups excluding carboxylic acids is 1. The van der Waals surface area contributed by atoms with Crippen molar-refractivity contribution in [3.63, 3.8) is 0 Å². The summed E-state index contributed by atoms with van der Waals surface area (Å²) in [7, 11) is 0. The molecule has 0 fully saturated rings. The van der Waals surface area contributed by atoms with E-state index < -0.39 is 11.0 Å². The summed E-state index contributed by atoms with van der Waals surface area (Å²) in [5, 5.41) is 0. The van der Waals surface area contributed by atoms with Gasteiger partial charge in [0.05, 0.1) is 5.41 Å². The van der Waals surface area contributed by atoms with Crippen molar-refractivity contribution < 1.29 is 13.9 Å². The van der Waals surface area contributed by atoms with Gasteiger partial charge in [-0.2, -0.15) is 0 Å². The molecular weight excluding hydrogens is 315 g/mol. The van der Waals surface area contributed by atoms with Crippen LogP contribution in [0.5, 0.6) is 0 Å². The molecule has 0 heterocycles. The van der Waals surface area contributed by atoms with Crippen LogP contribution >= 0.6 is 0 Å². The van der Waals surface area contributed by atoms with Gasteiger partial charge < -0.3 is 4.74 Å². The van der Waals surface area contributed by atoms with E-state index in [2.05, 4.69) is 5.92 Å². The molecule has 0 aliphatic heterocycles. The van der Waals surface area contributed by atoms with E-state index in [1.165, 1.54) is 12.1 Å². The van der Waals surface area contributed by atoms with Crippen LogP contribution in [0, 0.1) is 23.6 Å². The summed E-state index contributed by atoms with van der Waals surface area (Å²) in [4.78, 5) is 12.3. The molecule has 0 saturated carbocycles. The molecule has 3 heteroatoms. The molecule has 2 aromatic rings. The van der Waals surface area contributed by atoms with E-state index in [0.29, 0.717) is 6.42 Å². The second-order valence-electron chi connectivity index (χ2n) is 7.05. The first-order valence-corrected chi connectivity index (χ1v) is 8.29. The third kappa shape index (κ3) is 4.09. The van der Waals surface area contributed by atoms with Crippen LogP contribution in [-0.2, 0) is 15.1 Å². The summed E-state index contributed by atoms with van der Waals surface area (Å²) in [6.07, 6.45) is 6.21. The van der Waals surface area contributed by atoms with Crippen molar-refractivity contribution in [1.82, 2.24) is 0 Å². The molecule has 0 N–H and O–H groups in total. The predicted octanol–water partition coefficient (Wildman–Crippen LogP) is 5.32. The molecule has 2 rings (SSSR count). The molecule has 0 aromatic heterocycles. The van der Waals surface area contributed by atoms with Crippen LogP contribution in [0.2, 0.25) is 0 Å². The number of ether oxygens (including phenoxy) is 1. The lowest BCUT2D eigenvalue weighted by molar-refractivity contribution is -0.165. The Kier molecular flexibility index (Phi) is 5.33. The molecule has 130 valence electrons. The molecule has 0 spiro atoms. The van der Waals surface area contributed by atoms with Crippen LogP contribution in [0.15, 0.2) is 48.5 Å². The lowest BCUT2D eigenvalue weighted by Gasteiger charge is -2.31. The normalized spacial score (nSPS) is 13.6. The second kappa shape index (κ2) is 7.11. The second-order valence-corrected chi connectivity index (χ2v) is 7.05. The van der Waals surface area contributed by atoms with E-state index in [1.807, 2.05) is 31.2 Å². The summed E-state index contributed by atoms with van der Waals surface area (Å²) in [6, 6.07) is 13.8. The lowest BCUT2D eigenvalue weighted by atomic mass is 9.89. The minimum atomic E-state index is -1.09. The van der Waals surface area contributed by atoms with E-state index >= 15 is 0 Å². The van der Waals surface area contributed by atoms with Gasteiger partial charge in [0.25, 0.3) is 0 Å². The zero-order valence-corrected chi connectivity index (χ0v) is 15.1. The zero-order valence-electron chi connectivity index (χ0n) is 15.1. The number of esters is 1. The maximum atomic E-state index is 13.1. The van der Waals surface area contributed by atoms with Gasteiger partial charge in [0.1, 0.15) is 5.82 Å². The smallest absolute Gasteiger partial charge is 0.313 e. The molecule has 0 saturated heterocycles. The largest absolute Gasteiger partial charge is 0.441 e. The maximum absolute atomic E-state index is 13.1. The highest BCUT2D eigenvalue weighted by Gasteiger charge is 2.36. The minimum Gasteiger partial charge on any atom is -0.441 e. The summed E-state index contributed by atoms with van der Waals surface area (Å²) in [5.74, 6) is 2.05. The van der Waals surface area contributed by atoms with Crippen molar-refractivity contribution in [2.45, 2.75) is 39.7 Å². The van der Waals surface area contributed by atoms with Gasteiger partial charge in [-0.1, -0.05) is 49.2 Å². The fourth-order valence-electron chi connectivity index (χ4n) is 2.44. The number of terminal acetylenes is 1. The van der Waals surface area contributed by atoms with Gasteiger partial charge in [-0.25, -0.2) is 4.39 Å². The van der Waals surface area contributed by atoms with E-state index in [-0.39, 0.29) is 11.8 Å². The van der Waals surface area contributed by atoms with E-state index in [1.54, 1.807) is 32.9 Å². The molecule has 0 amide bonds. The fourth-order valence-corrected chi connectivity index (χ4v) is 2.44. The SMILES string of the molecule is C#CC(CC)(OC(=O)C(C)(C)C)c1ccc(-c2ccc(F)cc2)cc1. The molecule has 1 unspecified atom stereocenters. The third-order valence-electron chi connectivity index (χ3n) is 4.14. The molecule has 0 bridgehead atoms. The first-order chi connectivity index (χ1) is 11.7. The molecule has 0 aliphatic carbocycles. The molecule has 2 aromatic carbocycles. The summed E-state index contributed by atoms with van der Waals surface area (Å²) in [6.45, 7) is 7.28. The average molecular weight is 338 g/mol. The van der Waals surface area contributed by atoms with Gasteiger partial charge in [-0.3, -0.25) is 4.79 Å². The van der Waals surface area contributed by atoms with E-state index in [4.69, 9.17) is 11.2 Å². The van der Waals surface area contributed by atoms with Gasteiger partial charge in [-0.15, -0.1) is 6.42 Å². The fraction of sp³-hybridized carbons (Fsp3) is 0.318. The Morgan fingerprint density at radius 1 is 1.04 bits per heavy atom. The van der Waals surface area contributed by atoms with Crippen molar-refractivity contribution in [3.8, 4) is 23.5 Å². The Bertz CT molecular complexity index is 777. The molecular formula is C22H23FO2. The number of rotatable bonds is 4. The van der Waals surface area contributed by atoms with Crippen LogP contribution in [-0.4, -0.2) is 5.97 Å². The highest BCUT2D eigenvalue weighted by atomic mass is 19.1. The number of hydrogen-bond donors (Lipinski definition) is 0. The zero-order chi connectivity index (χ0) is 18.7. The molecule has 0 aliphatic rings. The molecule has 0 radical (unpaired) electrons. The first-order valence-electron chi connectivity index (χ1n) is 8.29. The highest BCUT2D eigenvalue weighted by Crippen LogP contribution is 2.33. The number of carbonyl (C=O) groups is 1. The summed E-state index contributed by atoms with van der Waals surface area (Å²) < 4.78 is 18.8. The highest BCUT2D eigenvalue weighted by molar-refractivity contribution is 5.76. The molecule has 1 atom stereocenters. The van der Waals surface area contributed by atoms with Crippen LogP contribution in [0.1, 0.15) is 39.7 Å². The quantitative estimate of drug-likeness (QED) is 0.557. The number of hydrogen-bond acceptors (Lipinski definition) is 2. The van der Waals surface area contributed by atoms with Crippen LogP contribution < -0.4 is 0 Å². The van der Waals surface area contributed by atoms with Gasteiger partial charge in [-0.05, 0) is 44.0 Å². The van der Waals surface area contributed by atoms with Gasteiger partial charge in [0.2, 0.25) is 0 Å². The van der Waals surface area contributed by atoms with Crippen LogP contribution in [0.4, 0.5) is 4.39 Å². The molecule has 25 heavy (non-hydrogen) atoms. The first kappa shape index (κ1) is 18.7. The summed E-state index contributed by atoms with van der Waals surface area (Å²) >= 11 is 0. The minimum absolute atomic E-state index is 0.271. The number of halogens is 1. The number of benzene rings is 2. The Balaban J connectivity index is 2.35. The van der Waals surface area contributed by atoms with Crippen molar-refractivity contribution >= 4 is 5.97 Å². The standard InChI is InChI=1S/C22H23FO2/c1-6-22(7-2,25-20(24)21(3,4)5)18-12-8-16(9-13-18)17-10-14-19(23)15-11-17/h1,8-15H,7H2,2-5H3. The Morgan fingerprint density at radius 3 is 1.92 bits per heavy atom. The van der Waals surface area contributed by atoms with Crippen LogP contribution in [0.3, 0.4) is 0 Å². The van der Waals surface area contributed by atoms with Gasteiger partial charge in [0, 0.05) is 12.0 Å². The Hall–Kier alpha value is -2.60. The lowest BCUT2D eigenvalue weighted by Crippen LogP contribution is -2.35. The van der Waals surface area contributed by atoms with Gasteiger partial charge >= 0.3 is 5.97 Å². The van der Waals surface area contributed by atoms with Crippen molar-refractivity contribution in [3.05, 3.63) is 59.9 Å². The van der Waals surface area contributed by atoms with Crippen molar-refractivity contribution in [2.75, 3.05) is 0 Å². The van der Waals surface area contributed by atoms with Crippen molar-refractivity contribution in [1.29, 1.82) is 0 Å². The Labute approximate surface area is 149 Å². The van der Waals surface area contributed by atoms with E-state index in [0.717, 1.165) is 16.7 Å². The van der Waals surface area contributed by atoms with E-state index in [9.17, 15) is 9.18 Å². The maximum Gasteiger partial charge on any atom is 0.313 e. The Morgan fingerprint density at radius 2 is 1.52 bits per heavy atom. The summed E-state index contributed by atoms with van der Waals surface area (Å²) in [5.41, 5.74) is 0.869. The average Bonchev–Trinajstić information content (AvgIpc) is 2.59. The topological polar surface area (TPSA) is 26.3 Å². The third-order valence-corrected chi connectivity index (χ3v) is 4.14.